The van der Waals surface area contributed by atoms with Gasteiger partial charge in [0, 0.05) is 41.5 Å². The van der Waals surface area contributed by atoms with Crippen LogP contribution < -0.4 is 31.9 Å². The fraction of sp³-hybridized carbons (Fsp3) is 0.929. The van der Waals surface area contributed by atoms with Crippen LogP contribution in [-0.4, -0.2) is 635 Å². The quantitative estimate of drug-likeness (QED) is 0.0272. The Labute approximate surface area is 849 Å². The highest BCUT2D eigenvalue weighted by molar-refractivity contribution is 5.75. The van der Waals surface area contributed by atoms with Crippen molar-refractivity contribution < 1.29 is 296 Å². The van der Waals surface area contributed by atoms with E-state index in [1.54, 1.807) is 0 Å². The Bertz CT molecular complexity index is 4240. The minimum absolute atomic E-state index is 0.852. The van der Waals surface area contributed by atoms with E-state index in [-0.39, 0.29) is 0 Å². The predicted octanol–water partition coefficient (Wildman–Crippen LogP) is -25.3. The summed E-state index contributed by atoms with van der Waals surface area (Å²) in [6.45, 7) is -6.20. The standard InChI is InChI=1S/C84H140N6O60/c1-19-43(105)56(118)60(122)79(131-19)129-18-36-69(52(114)37(73(127)132-36)85-20(2)99)144-77-41(89-24(6)103)54(116)67(32(14-97)138-77)147-82-64(126)70(49(111)35(141-82)17-130-83-71(149-75-39(87-22(4)101)51(113)45(107)27(9-92)134-75)59(121)48(110)34(142-83)16-128-74-38(86-21(3)100)50(112)44(106)26(8-91)133-74)148-84-72(150-78-42(90-25(7)104)55(117)66(31(13-96)139-78)146-81-62(124)58(120)47(109)29(11-94)136-81)63(125)68(33(15-98)140-84)143-76-40(88-23(5)102)53(115)65(30(12-95)137-76)145-80-61(123)57(119)46(108)28(10-93)135-80/h19,26-84,91-98,105-127H,8-18H2,1-7H3,(H,85,99)(H,86,100)(H,87,101)(H,88,102)(H,89,103)(H,90,104)/t19-,26+,27+,28+,29+,30+,31+,32+,33+,34+,35+,36+,37+,38+,39+,40+,41+,42+,43+,44+,45+,46-,47-,48+,49+,50+,51+,52+,53+,54+,55+,56+,57-,58-,59-,60-,61+,62+,63-,64-,65+,66+,67+,68+,69+,70-,71-,72-,73+,74+,75-,76-,77-,78-,79+,80-,81-,82-,83-,84+/m0/s1. The lowest BCUT2D eigenvalue weighted by Gasteiger charge is -2.52. The summed E-state index contributed by atoms with van der Waals surface area (Å²) < 4.78 is 140. The van der Waals surface area contributed by atoms with Crippen LogP contribution in [0.5, 0.6) is 0 Å². The maximum absolute atomic E-state index is 13.6. The van der Waals surface area contributed by atoms with Crippen LogP contribution in [0.15, 0.2) is 0 Å². The second-order valence-electron chi connectivity index (χ2n) is 38.1. The zero-order valence-electron chi connectivity index (χ0n) is 81.1. The van der Waals surface area contributed by atoms with E-state index in [4.69, 9.17) is 109 Å². The van der Waals surface area contributed by atoms with Gasteiger partial charge in [-0.3, -0.25) is 28.8 Å². The van der Waals surface area contributed by atoms with Gasteiger partial charge in [0.05, 0.1) is 78.8 Å². The van der Waals surface area contributed by atoms with Crippen molar-refractivity contribution in [2.45, 2.75) is 417 Å². The molecule has 0 radical (unpaired) electrons. The van der Waals surface area contributed by atoms with Crippen molar-refractivity contribution >= 4 is 35.4 Å². The van der Waals surface area contributed by atoms with Gasteiger partial charge in [-0.1, -0.05) is 0 Å². The molecular weight excluding hydrogens is 2050 g/mol. The second kappa shape index (κ2) is 54.0. The average molecular weight is 2190 g/mol. The van der Waals surface area contributed by atoms with E-state index in [1.807, 2.05) is 0 Å². The molecule has 37 N–H and O–H groups in total. The maximum atomic E-state index is 13.6. The van der Waals surface area contributed by atoms with E-state index in [2.05, 4.69) is 31.9 Å². The third-order valence-electron chi connectivity index (χ3n) is 27.4. The molecule has 12 aliphatic rings. The van der Waals surface area contributed by atoms with Crippen molar-refractivity contribution in [3.8, 4) is 0 Å². The van der Waals surface area contributed by atoms with Gasteiger partial charge in [0.25, 0.3) is 0 Å². The summed E-state index contributed by atoms with van der Waals surface area (Å²) in [7, 11) is 0. The topological polar surface area (TPSA) is 1010 Å². The molecule has 0 unspecified atom stereocenters. The summed E-state index contributed by atoms with van der Waals surface area (Å²) in [6.07, 6.45) is -118. The molecule has 0 spiro atoms. The van der Waals surface area contributed by atoms with Crippen molar-refractivity contribution in [1.29, 1.82) is 0 Å². The average Bonchev–Trinajstić information content (AvgIpc) is 0.751. The Kier molecular flexibility index (Phi) is 44.4. The monoisotopic (exact) mass is 2190 g/mol. The molecule has 12 aliphatic heterocycles. The van der Waals surface area contributed by atoms with Gasteiger partial charge >= 0.3 is 0 Å². The number of hydrogen-bond donors (Lipinski definition) is 37. The summed E-state index contributed by atoms with van der Waals surface area (Å²) in [4.78, 5) is 78.5. The number of hydrogen-bond acceptors (Lipinski definition) is 60. The Balaban J connectivity index is 0.954. The molecule has 866 valence electrons. The van der Waals surface area contributed by atoms with Gasteiger partial charge in [0.2, 0.25) is 35.4 Å². The van der Waals surface area contributed by atoms with Gasteiger partial charge in [-0.15, -0.1) is 0 Å². The molecule has 0 aliphatic carbocycles. The van der Waals surface area contributed by atoms with Gasteiger partial charge in [0.15, 0.2) is 75.5 Å². The summed E-state index contributed by atoms with van der Waals surface area (Å²) in [5.74, 6) is -5.90. The van der Waals surface area contributed by atoms with Crippen LogP contribution in [0.2, 0.25) is 0 Å². The molecule has 12 saturated heterocycles. The predicted molar refractivity (Wildman–Crippen MR) is 463 cm³/mol. The van der Waals surface area contributed by atoms with Crippen molar-refractivity contribution in [2.24, 2.45) is 0 Å². The van der Waals surface area contributed by atoms with Crippen LogP contribution in [0.25, 0.3) is 0 Å². The Morgan fingerprint density at radius 2 is 0.427 bits per heavy atom. The smallest absolute Gasteiger partial charge is 0.217 e. The number of ether oxygens (including phenoxy) is 23. The molecule has 12 fully saturated rings. The minimum atomic E-state index is -2.84. The SMILES string of the molecule is CC(=O)N[C@@H]1[C@@H](O)[C@H](O[C@@H]2O[C@H](CO)[C@@H](O[C@@H]3O[C@H](CO[C@H]4O[C@H](CO[C@@H]5O[C@H](CO)[C@@H](O)[C@H](O)[C@H]5NC(C)=O)[C@@H](O)[C@H](O)[C@@H]4O[C@@H]4O[C@H](CO)[C@@H](O)[C@H](O)[C@H]4NC(C)=O)[C@@H](O)[C@H](O[C@H]4O[C@H](CO)[C@@H](O[C@@H]5O[C@H](CO)[C@@H](O[C@@H]6O[C@H](CO)[C@H](O)[C@H](O)[C@H]6O)[C@H](O)[C@H]5NC(C)=O)[C@H](O)[C@@H]4O[C@@H]4O[C@H](CO)[C@@H](O[C@@H]5O[C@H](CO)[C@H](O)[C@H](O)[C@H]5O)[C@H](O)[C@H]4NC(C)=O)[C@@H]3O)[C@H](O)[C@H]2NC(C)=O)[C@@H](CO[C@@H]2O[C@@H](C)[C@@H](O)[C@@H](O)[C@@H]2O)O[C@H]1O. The first-order chi connectivity index (χ1) is 70.9. The highest BCUT2D eigenvalue weighted by Gasteiger charge is 2.64. The first kappa shape index (κ1) is 123. The third kappa shape index (κ3) is 27.7. The molecule has 0 aromatic carbocycles. The first-order valence-electron chi connectivity index (χ1n) is 48.0. The molecule has 6 amide bonds. The zero-order chi connectivity index (χ0) is 110. The van der Waals surface area contributed by atoms with Crippen LogP contribution in [-0.2, 0) is 138 Å². The molecule has 12 heterocycles. The summed E-state index contributed by atoms with van der Waals surface area (Å²) in [5.41, 5.74) is 0. The van der Waals surface area contributed by atoms with Crippen molar-refractivity contribution in [2.75, 3.05) is 72.7 Å². The molecule has 60 atom stereocenters. The Hall–Kier alpha value is -5.34. The number of amides is 6. The van der Waals surface area contributed by atoms with Gasteiger partial charge in [-0.25, -0.2) is 0 Å². The van der Waals surface area contributed by atoms with Crippen LogP contribution in [0.3, 0.4) is 0 Å². The molecule has 0 saturated carbocycles. The van der Waals surface area contributed by atoms with Crippen LogP contribution in [0.4, 0.5) is 0 Å². The molecule has 0 bridgehead atoms. The molecule has 0 aromatic heterocycles. The highest BCUT2D eigenvalue weighted by atomic mass is 16.8. The van der Waals surface area contributed by atoms with Crippen LogP contribution in [0.1, 0.15) is 48.5 Å². The fourth-order valence-electron chi connectivity index (χ4n) is 19.5. The Morgan fingerprint density at radius 3 is 0.820 bits per heavy atom. The molecule has 66 heteroatoms. The maximum Gasteiger partial charge on any atom is 0.217 e. The van der Waals surface area contributed by atoms with Crippen molar-refractivity contribution in [3.63, 3.8) is 0 Å². The molecule has 0 aromatic rings. The van der Waals surface area contributed by atoms with Gasteiger partial charge < -0.3 is 299 Å². The number of carbonyl (C=O) groups is 6. The Morgan fingerprint density at radius 1 is 0.187 bits per heavy atom. The second-order valence-corrected chi connectivity index (χ2v) is 38.1. The lowest BCUT2D eigenvalue weighted by Crippen LogP contribution is -2.71. The van der Waals surface area contributed by atoms with Gasteiger partial charge in [-0.2, -0.15) is 0 Å². The molecule has 150 heavy (non-hydrogen) atoms. The van der Waals surface area contributed by atoms with E-state index >= 15 is 0 Å². The number of carbonyl (C=O) groups excluding carboxylic acids is 6. The highest BCUT2D eigenvalue weighted by Crippen LogP contribution is 2.43. The number of aliphatic hydroxyl groups excluding tert-OH is 31. The zero-order valence-corrected chi connectivity index (χ0v) is 81.1. The van der Waals surface area contributed by atoms with E-state index in [1.165, 1.54) is 6.92 Å². The fourth-order valence-corrected chi connectivity index (χ4v) is 19.5. The minimum Gasteiger partial charge on any atom is -0.394 e. The van der Waals surface area contributed by atoms with E-state index in [0.717, 1.165) is 41.5 Å². The van der Waals surface area contributed by atoms with Crippen molar-refractivity contribution in [3.05, 3.63) is 0 Å². The van der Waals surface area contributed by atoms with E-state index in [9.17, 15) is 187 Å². The summed E-state index contributed by atoms with van der Waals surface area (Å²) >= 11 is 0. The number of aliphatic hydroxyl groups is 31. The van der Waals surface area contributed by atoms with Gasteiger partial charge in [0.1, 0.15) is 287 Å². The molecular formula is C84H140N6O60. The number of nitrogens with one attached hydrogen (secondary N) is 6. The third-order valence-corrected chi connectivity index (χ3v) is 27.4. The molecule has 12 rings (SSSR count). The largest absolute Gasteiger partial charge is 0.394 e. The lowest BCUT2D eigenvalue weighted by molar-refractivity contribution is -0.406. The van der Waals surface area contributed by atoms with E-state index in [0.29, 0.717) is 0 Å². The summed E-state index contributed by atoms with van der Waals surface area (Å²) in [5, 5.41) is 368. The van der Waals surface area contributed by atoms with E-state index < -0.39 is 476 Å². The summed E-state index contributed by atoms with van der Waals surface area (Å²) in [6, 6.07) is -11.9. The molecule has 66 nitrogen and oxygen atoms in total. The first-order valence-corrected chi connectivity index (χ1v) is 48.0. The van der Waals surface area contributed by atoms with Crippen molar-refractivity contribution in [1.82, 2.24) is 31.9 Å². The van der Waals surface area contributed by atoms with Gasteiger partial charge in [-0.05, 0) is 6.92 Å². The number of rotatable bonds is 39. The van der Waals surface area contributed by atoms with Crippen LogP contribution >= 0.6 is 0 Å². The van der Waals surface area contributed by atoms with Crippen LogP contribution in [0, 0.1) is 0 Å². The normalized spacial score (nSPS) is 48.8. The lowest BCUT2D eigenvalue weighted by atomic mass is 9.93.